The van der Waals surface area contributed by atoms with Gasteiger partial charge < -0.3 is 5.32 Å². The molecule has 1 N–H and O–H groups in total. The lowest BCUT2D eigenvalue weighted by atomic mass is 9.89. The average Bonchev–Trinajstić information content (AvgIpc) is 3.17. The summed E-state index contributed by atoms with van der Waals surface area (Å²) in [4.78, 5) is 30.8. The molecule has 0 aliphatic heterocycles. The number of benzene rings is 1. The SMILES string of the molecule is O=C(CCC(=O)c1ccc2c(c1)CCCC2)NCCCc1nc2c(s1)CCCC2. The van der Waals surface area contributed by atoms with Crippen LogP contribution in [-0.4, -0.2) is 23.2 Å². The Hall–Kier alpha value is -2.01. The number of carbonyl (C=O) groups is 2. The molecule has 0 bridgehead atoms. The van der Waals surface area contributed by atoms with E-state index in [1.807, 2.05) is 23.5 Å². The van der Waals surface area contributed by atoms with Crippen LogP contribution in [0.15, 0.2) is 18.2 Å². The molecule has 2 aliphatic rings. The Bertz CT molecular complexity index is 864. The van der Waals surface area contributed by atoms with E-state index in [-0.39, 0.29) is 24.5 Å². The molecule has 0 unspecified atom stereocenters. The van der Waals surface area contributed by atoms with Crippen LogP contribution in [0.3, 0.4) is 0 Å². The Balaban J connectivity index is 1.16. The van der Waals surface area contributed by atoms with E-state index in [2.05, 4.69) is 11.4 Å². The van der Waals surface area contributed by atoms with Crippen LogP contribution in [0.1, 0.15) is 82.0 Å². The van der Waals surface area contributed by atoms with Gasteiger partial charge in [-0.25, -0.2) is 4.98 Å². The number of aryl methyl sites for hydroxylation is 5. The van der Waals surface area contributed by atoms with E-state index in [9.17, 15) is 9.59 Å². The second-order valence-corrected chi connectivity index (χ2v) is 9.42. The highest BCUT2D eigenvalue weighted by Gasteiger charge is 2.16. The number of amides is 1. The van der Waals surface area contributed by atoms with Crippen LogP contribution < -0.4 is 5.32 Å². The molecular formula is C24H30N2O2S. The van der Waals surface area contributed by atoms with Crippen LogP contribution in [0.2, 0.25) is 0 Å². The highest BCUT2D eigenvalue weighted by atomic mass is 32.1. The molecule has 29 heavy (non-hydrogen) atoms. The van der Waals surface area contributed by atoms with Crippen molar-refractivity contribution in [3.05, 3.63) is 50.5 Å². The molecule has 0 fully saturated rings. The Labute approximate surface area is 177 Å². The lowest BCUT2D eigenvalue weighted by Gasteiger charge is -2.16. The molecule has 154 valence electrons. The number of Topliss-reactive ketones (excluding diaryl/α,β-unsaturated/α-hetero) is 1. The zero-order valence-electron chi connectivity index (χ0n) is 17.1. The maximum Gasteiger partial charge on any atom is 0.220 e. The monoisotopic (exact) mass is 410 g/mol. The second kappa shape index (κ2) is 9.66. The Morgan fingerprint density at radius 2 is 1.76 bits per heavy atom. The van der Waals surface area contributed by atoms with Crippen molar-refractivity contribution in [2.75, 3.05) is 6.54 Å². The van der Waals surface area contributed by atoms with Crippen molar-refractivity contribution < 1.29 is 9.59 Å². The molecule has 0 saturated heterocycles. The van der Waals surface area contributed by atoms with E-state index in [1.54, 1.807) is 0 Å². The maximum atomic E-state index is 12.5. The van der Waals surface area contributed by atoms with Gasteiger partial charge in [0, 0.05) is 36.2 Å². The average molecular weight is 411 g/mol. The van der Waals surface area contributed by atoms with Gasteiger partial charge in [0.1, 0.15) is 0 Å². The Morgan fingerprint density at radius 3 is 2.62 bits per heavy atom. The number of thiazole rings is 1. The molecule has 2 aromatic rings. The summed E-state index contributed by atoms with van der Waals surface area (Å²) < 4.78 is 0. The Kier molecular flexibility index (Phi) is 6.75. The van der Waals surface area contributed by atoms with Crippen LogP contribution in [0.5, 0.6) is 0 Å². The van der Waals surface area contributed by atoms with Gasteiger partial charge in [-0.2, -0.15) is 0 Å². The zero-order valence-corrected chi connectivity index (χ0v) is 17.9. The van der Waals surface area contributed by atoms with Crippen LogP contribution >= 0.6 is 11.3 Å². The molecule has 0 spiro atoms. The summed E-state index contributed by atoms with van der Waals surface area (Å²) in [6, 6.07) is 6.07. The van der Waals surface area contributed by atoms with Crippen molar-refractivity contribution in [2.24, 2.45) is 0 Å². The Morgan fingerprint density at radius 1 is 0.966 bits per heavy atom. The molecule has 1 amide bonds. The van der Waals surface area contributed by atoms with Gasteiger partial charge in [-0.15, -0.1) is 11.3 Å². The van der Waals surface area contributed by atoms with E-state index in [0.717, 1.165) is 37.7 Å². The van der Waals surface area contributed by atoms with E-state index < -0.39 is 0 Å². The number of nitrogens with one attached hydrogen (secondary N) is 1. The molecule has 0 radical (unpaired) electrons. The number of nitrogens with zero attached hydrogens (tertiary/aromatic N) is 1. The smallest absolute Gasteiger partial charge is 0.220 e. The largest absolute Gasteiger partial charge is 0.356 e. The highest BCUT2D eigenvalue weighted by molar-refractivity contribution is 7.11. The fraction of sp³-hybridized carbons (Fsp3) is 0.542. The standard InChI is InChI=1S/C24H30N2O2S/c27-21(19-12-11-17-6-1-2-7-18(17)16-19)13-14-23(28)25-15-5-10-24-26-20-8-3-4-9-22(20)29-24/h11-12,16H,1-10,13-15H2,(H,25,28). The fourth-order valence-electron chi connectivity index (χ4n) is 4.35. The minimum absolute atomic E-state index is 0.0326. The van der Waals surface area contributed by atoms with Crippen molar-refractivity contribution >= 4 is 23.0 Å². The lowest BCUT2D eigenvalue weighted by Crippen LogP contribution is -2.25. The molecule has 0 atom stereocenters. The van der Waals surface area contributed by atoms with E-state index in [0.29, 0.717) is 6.54 Å². The summed E-state index contributed by atoms with van der Waals surface area (Å²) in [5.41, 5.74) is 4.76. The van der Waals surface area contributed by atoms with Gasteiger partial charge in [-0.3, -0.25) is 9.59 Å². The first-order chi connectivity index (χ1) is 14.2. The maximum absolute atomic E-state index is 12.5. The summed E-state index contributed by atoms with van der Waals surface area (Å²) in [5, 5.41) is 4.16. The van der Waals surface area contributed by atoms with Crippen molar-refractivity contribution in [3.8, 4) is 0 Å². The topological polar surface area (TPSA) is 59.1 Å². The summed E-state index contributed by atoms with van der Waals surface area (Å²) in [6.45, 7) is 0.649. The van der Waals surface area contributed by atoms with Crippen molar-refractivity contribution in [1.82, 2.24) is 10.3 Å². The fourth-order valence-corrected chi connectivity index (χ4v) is 5.55. The van der Waals surface area contributed by atoms with Crippen LogP contribution in [0, 0.1) is 0 Å². The zero-order chi connectivity index (χ0) is 20.1. The minimum atomic E-state index is -0.0326. The third-order valence-corrected chi connectivity index (χ3v) is 7.25. The third kappa shape index (κ3) is 5.33. The number of fused-ring (bicyclic) bond motifs is 2. The number of ketones is 1. The summed E-state index contributed by atoms with van der Waals surface area (Å²) >= 11 is 1.85. The normalized spacial score (nSPS) is 15.4. The molecule has 4 rings (SSSR count). The quantitative estimate of drug-likeness (QED) is 0.511. The molecule has 0 saturated carbocycles. The third-order valence-electron chi connectivity index (χ3n) is 6.03. The molecule has 4 nitrogen and oxygen atoms in total. The molecule has 2 aliphatic carbocycles. The number of carbonyl (C=O) groups excluding carboxylic acids is 2. The number of hydrogen-bond acceptors (Lipinski definition) is 4. The molecule has 1 aromatic carbocycles. The minimum Gasteiger partial charge on any atom is -0.356 e. The highest BCUT2D eigenvalue weighted by Crippen LogP contribution is 2.27. The lowest BCUT2D eigenvalue weighted by molar-refractivity contribution is -0.121. The first kappa shape index (κ1) is 20.3. The van der Waals surface area contributed by atoms with Gasteiger partial charge in [-0.05, 0) is 75.0 Å². The predicted molar refractivity (Wildman–Crippen MR) is 117 cm³/mol. The molecular weight excluding hydrogens is 380 g/mol. The van der Waals surface area contributed by atoms with Crippen molar-refractivity contribution in [1.29, 1.82) is 0 Å². The second-order valence-electron chi connectivity index (χ2n) is 8.25. The summed E-state index contributed by atoms with van der Waals surface area (Å²) in [7, 11) is 0. The first-order valence-electron chi connectivity index (χ1n) is 11.1. The van der Waals surface area contributed by atoms with Crippen molar-refractivity contribution in [3.63, 3.8) is 0 Å². The van der Waals surface area contributed by atoms with Gasteiger partial charge in [-0.1, -0.05) is 12.1 Å². The number of hydrogen-bond donors (Lipinski definition) is 1. The van der Waals surface area contributed by atoms with Gasteiger partial charge in [0.15, 0.2) is 5.78 Å². The van der Waals surface area contributed by atoms with Crippen molar-refractivity contribution in [2.45, 2.75) is 77.0 Å². The van der Waals surface area contributed by atoms with Crippen LogP contribution in [0.4, 0.5) is 0 Å². The van der Waals surface area contributed by atoms with E-state index >= 15 is 0 Å². The van der Waals surface area contributed by atoms with Crippen LogP contribution in [-0.2, 0) is 36.9 Å². The van der Waals surface area contributed by atoms with Gasteiger partial charge >= 0.3 is 0 Å². The van der Waals surface area contributed by atoms with Gasteiger partial charge in [0.05, 0.1) is 10.7 Å². The van der Waals surface area contributed by atoms with Gasteiger partial charge in [0.25, 0.3) is 0 Å². The van der Waals surface area contributed by atoms with Gasteiger partial charge in [0.2, 0.25) is 5.91 Å². The predicted octanol–water partition coefficient (Wildman–Crippen LogP) is 4.61. The summed E-state index contributed by atoms with van der Waals surface area (Å²) in [6.07, 6.45) is 11.9. The van der Waals surface area contributed by atoms with E-state index in [4.69, 9.17) is 4.98 Å². The van der Waals surface area contributed by atoms with E-state index in [1.165, 1.54) is 58.8 Å². The number of aromatic nitrogens is 1. The van der Waals surface area contributed by atoms with Crippen LogP contribution in [0.25, 0.3) is 0 Å². The first-order valence-corrected chi connectivity index (χ1v) is 11.9. The molecule has 1 heterocycles. The summed E-state index contributed by atoms with van der Waals surface area (Å²) in [5.74, 6) is 0.0385. The molecule has 5 heteroatoms. The number of rotatable bonds is 8. The molecule has 1 aromatic heterocycles.